The van der Waals surface area contributed by atoms with Gasteiger partial charge in [-0.2, -0.15) is 0 Å². The lowest BCUT2D eigenvalue weighted by atomic mass is 10.2. The Bertz CT molecular complexity index is 479. The lowest BCUT2D eigenvalue weighted by Gasteiger charge is -2.17. The number of urea groups is 1. The molecule has 0 aliphatic carbocycles. The maximum atomic E-state index is 11.6. The molecule has 3 amide bonds. The molecule has 0 aliphatic heterocycles. The molecule has 104 valence electrons. The van der Waals surface area contributed by atoms with Crippen LogP contribution in [0.5, 0.6) is 5.75 Å². The predicted molar refractivity (Wildman–Crippen MR) is 76.1 cm³/mol. The fraction of sp³-hybridized carbons (Fsp3) is 0.333. The zero-order chi connectivity index (χ0) is 14.4. The average molecular weight is 330 g/mol. The van der Waals surface area contributed by atoms with Crippen molar-refractivity contribution >= 4 is 33.6 Å². The lowest BCUT2D eigenvalue weighted by molar-refractivity contribution is -0.120. The van der Waals surface area contributed by atoms with Crippen LogP contribution >= 0.6 is 15.9 Å². The number of nitrogens with two attached hydrogens (primary N) is 1. The van der Waals surface area contributed by atoms with Crippen LogP contribution in [-0.2, 0) is 4.79 Å². The molecule has 0 saturated heterocycles. The molecule has 4 N–H and O–H groups in total. The third-order valence-electron chi connectivity index (χ3n) is 2.25. The Hall–Kier alpha value is -1.76. The van der Waals surface area contributed by atoms with Crippen LogP contribution in [0.15, 0.2) is 22.7 Å². The second kappa shape index (κ2) is 6.98. The largest absolute Gasteiger partial charge is 0.492 e. The van der Waals surface area contributed by atoms with Crippen LogP contribution in [0.2, 0.25) is 0 Å². The van der Waals surface area contributed by atoms with Crippen LogP contribution in [0.4, 0.5) is 10.5 Å². The predicted octanol–water partition coefficient (Wildman–Crippen LogP) is 1.84. The normalized spacial score (nSPS) is 11.5. The molecule has 1 rings (SSSR count). The van der Waals surface area contributed by atoms with Gasteiger partial charge in [0.15, 0.2) is 0 Å². The molecule has 7 heteroatoms. The summed E-state index contributed by atoms with van der Waals surface area (Å²) in [4.78, 5) is 22.2. The molecule has 6 nitrogen and oxygen atoms in total. The van der Waals surface area contributed by atoms with E-state index in [0.717, 1.165) is 4.47 Å². The van der Waals surface area contributed by atoms with E-state index in [1.165, 1.54) is 0 Å². The van der Waals surface area contributed by atoms with Gasteiger partial charge in [-0.15, -0.1) is 0 Å². The summed E-state index contributed by atoms with van der Waals surface area (Å²) in [6.07, 6.45) is 0. The van der Waals surface area contributed by atoms with Gasteiger partial charge in [0.1, 0.15) is 11.8 Å². The number of primary amides is 1. The standard InChI is InChI=1S/C12H16BrN3O3/c1-3-19-10-5-4-8(13)6-9(10)15-7(2)11(17)16-12(14)18/h4-7,15H,3H2,1-2H3,(H3,14,16,17,18)/t7-/m1/s1. The van der Waals surface area contributed by atoms with E-state index in [0.29, 0.717) is 18.0 Å². The number of amides is 3. The number of ether oxygens (including phenoxy) is 1. The summed E-state index contributed by atoms with van der Waals surface area (Å²) in [5.74, 6) is 0.124. The van der Waals surface area contributed by atoms with E-state index in [4.69, 9.17) is 10.5 Å². The number of rotatable bonds is 5. The molecule has 0 unspecified atom stereocenters. The van der Waals surface area contributed by atoms with Crippen molar-refractivity contribution in [1.29, 1.82) is 0 Å². The summed E-state index contributed by atoms with van der Waals surface area (Å²) < 4.78 is 6.30. The van der Waals surface area contributed by atoms with Crippen LogP contribution in [0, 0.1) is 0 Å². The lowest BCUT2D eigenvalue weighted by Crippen LogP contribution is -2.43. The minimum absolute atomic E-state index is 0.505. The molecular formula is C12H16BrN3O3. The van der Waals surface area contributed by atoms with Crippen molar-refractivity contribution in [2.45, 2.75) is 19.9 Å². The van der Waals surface area contributed by atoms with E-state index in [9.17, 15) is 9.59 Å². The van der Waals surface area contributed by atoms with E-state index in [1.54, 1.807) is 19.1 Å². The van der Waals surface area contributed by atoms with Crippen molar-refractivity contribution < 1.29 is 14.3 Å². The first-order chi connectivity index (χ1) is 8.93. The van der Waals surface area contributed by atoms with Crippen molar-refractivity contribution in [1.82, 2.24) is 5.32 Å². The monoisotopic (exact) mass is 329 g/mol. The minimum atomic E-state index is -0.877. The van der Waals surface area contributed by atoms with Crippen LogP contribution < -0.4 is 21.1 Å². The molecule has 0 aromatic heterocycles. The highest BCUT2D eigenvalue weighted by atomic mass is 79.9. The summed E-state index contributed by atoms with van der Waals surface area (Å²) in [7, 11) is 0. The van der Waals surface area contributed by atoms with Crippen molar-refractivity contribution in [3.8, 4) is 5.75 Å². The molecule has 0 radical (unpaired) electrons. The van der Waals surface area contributed by atoms with Gasteiger partial charge in [0.2, 0.25) is 5.91 Å². The topological polar surface area (TPSA) is 93.4 Å². The molecule has 0 aliphatic rings. The second-order valence-electron chi connectivity index (χ2n) is 3.79. The number of benzene rings is 1. The summed E-state index contributed by atoms with van der Waals surface area (Å²) in [5.41, 5.74) is 5.55. The number of imide groups is 1. The second-order valence-corrected chi connectivity index (χ2v) is 4.71. The molecule has 0 heterocycles. The van der Waals surface area contributed by atoms with E-state index in [1.807, 2.05) is 18.3 Å². The summed E-state index contributed by atoms with van der Waals surface area (Å²) in [6.45, 7) is 4.00. The Labute approximate surface area is 119 Å². The highest BCUT2D eigenvalue weighted by Gasteiger charge is 2.16. The van der Waals surface area contributed by atoms with Gasteiger partial charge in [-0.3, -0.25) is 10.1 Å². The maximum absolute atomic E-state index is 11.6. The van der Waals surface area contributed by atoms with Crippen molar-refractivity contribution in [2.24, 2.45) is 5.73 Å². The first-order valence-corrected chi connectivity index (χ1v) is 6.52. The van der Waals surface area contributed by atoms with Crippen molar-refractivity contribution in [2.75, 3.05) is 11.9 Å². The molecule has 0 saturated carbocycles. The SMILES string of the molecule is CCOc1ccc(Br)cc1N[C@H](C)C(=O)NC(N)=O. The van der Waals surface area contributed by atoms with E-state index < -0.39 is 18.0 Å². The number of nitrogens with one attached hydrogen (secondary N) is 2. The van der Waals surface area contributed by atoms with Gasteiger partial charge in [-0.05, 0) is 32.0 Å². The van der Waals surface area contributed by atoms with Crippen LogP contribution in [-0.4, -0.2) is 24.6 Å². The number of anilines is 1. The number of hydrogen-bond acceptors (Lipinski definition) is 4. The van der Waals surface area contributed by atoms with Gasteiger partial charge in [-0.25, -0.2) is 4.79 Å². The summed E-state index contributed by atoms with van der Waals surface area (Å²) in [6, 6.07) is 3.91. The minimum Gasteiger partial charge on any atom is -0.492 e. The van der Waals surface area contributed by atoms with Gasteiger partial charge in [0.25, 0.3) is 0 Å². The fourth-order valence-corrected chi connectivity index (χ4v) is 1.79. The first kappa shape index (κ1) is 15.3. The van der Waals surface area contributed by atoms with Gasteiger partial charge in [0, 0.05) is 4.47 Å². The van der Waals surface area contributed by atoms with Gasteiger partial charge in [0.05, 0.1) is 12.3 Å². The third-order valence-corrected chi connectivity index (χ3v) is 2.75. The van der Waals surface area contributed by atoms with Crippen LogP contribution in [0.25, 0.3) is 0 Å². The summed E-state index contributed by atoms with van der Waals surface area (Å²) in [5, 5.41) is 4.98. The number of halogens is 1. The van der Waals surface area contributed by atoms with E-state index in [-0.39, 0.29) is 0 Å². The van der Waals surface area contributed by atoms with E-state index in [2.05, 4.69) is 21.2 Å². The van der Waals surface area contributed by atoms with Gasteiger partial charge in [-0.1, -0.05) is 15.9 Å². The molecule has 0 fully saturated rings. The summed E-state index contributed by atoms with van der Waals surface area (Å²) >= 11 is 3.34. The molecule has 0 spiro atoms. The smallest absolute Gasteiger partial charge is 0.318 e. The zero-order valence-electron chi connectivity index (χ0n) is 10.7. The Morgan fingerprint density at radius 2 is 2.16 bits per heavy atom. The highest BCUT2D eigenvalue weighted by molar-refractivity contribution is 9.10. The van der Waals surface area contributed by atoms with Crippen LogP contribution in [0.3, 0.4) is 0 Å². The molecule has 1 aromatic carbocycles. The van der Waals surface area contributed by atoms with Crippen LogP contribution in [0.1, 0.15) is 13.8 Å². The number of carbonyl (C=O) groups excluding carboxylic acids is 2. The molecule has 0 bridgehead atoms. The maximum Gasteiger partial charge on any atom is 0.318 e. The quantitative estimate of drug-likeness (QED) is 0.768. The van der Waals surface area contributed by atoms with E-state index >= 15 is 0 Å². The molecular weight excluding hydrogens is 314 g/mol. The Balaban J connectivity index is 2.82. The molecule has 1 atom stereocenters. The average Bonchev–Trinajstić information content (AvgIpc) is 2.32. The molecule has 1 aromatic rings. The van der Waals surface area contributed by atoms with Gasteiger partial charge >= 0.3 is 6.03 Å². The Morgan fingerprint density at radius 1 is 1.47 bits per heavy atom. The van der Waals surface area contributed by atoms with Gasteiger partial charge < -0.3 is 15.8 Å². The van der Waals surface area contributed by atoms with Crippen molar-refractivity contribution in [3.63, 3.8) is 0 Å². The third kappa shape index (κ3) is 4.78. The zero-order valence-corrected chi connectivity index (χ0v) is 12.3. The fourth-order valence-electron chi connectivity index (χ4n) is 1.42. The molecule has 19 heavy (non-hydrogen) atoms. The van der Waals surface area contributed by atoms with Crippen molar-refractivity contribution in [3.05, 3.63) is 22.7 Å². The Morgan fingerprint density at radius 3 is 2.74 bits per heavy atom. The first-order valence-electron chi connectivity index (χ1n) is 5.73. The Kier molecular flexibility index (Phi) is 5.62. The highest BCUT2D eigenvalue weighted by Crippen LogP contribution is 2.28. The number of carbonyl (C=O) groups is 2. The number of hydrogen-bond donors (Lipinski definition) is 3.